The average molecular weight is 489 g/mol. The van der Waals surface area contributed by atoms with Gasteiger partial charge in [0.05, 0.1) is 13.3 Å². The summed E-state index contributed by atoms with van der Waals surface area (Å²) in [7, 11) is 1.60. The van der Waals surface area contributed by atoms with Crippen LogP contribution in [-0.4, -0.2) is 22.8 Å². The Balaban J connectivity index is 1.59. The number of methoxy groups -OCH3 is 1. The van der Waals surface area contributed by atoms with Crippen molar-refractivity contribution in [3.05, 3.63) is 112 Å². The van der Waals surface area contributed by atoms with Gasteiger partial charge in [0.25, 0.3) is 5.91 Å². The van der Waals surface area contributed by atoms with Crippen LogP contribution in [0.15, 0.2) is 79.0 Å². The lowest BCUT2D eigenvalue weighted by molar-refractivity contribution is 0.102. The zero-order valence-corrected chi connectivity index (χ0v) is 19.8. The first-order chi connectivity index (χ1) is 16.9. The summed E-state index contributed by atoms with van der Waals surface area (Å²) in [5.74, 6) is 0.419. The average Bonchev–Trinajstić information content (AvgIpc) is 3.30. The van der Waals surface area contributed by atoms with Crippen LogP contribution in [0.3, 0.4) is 0 Å². The van der Waals surface area contributed by atoms with Crippen LogP contribution >= 0.6 is 11.6 Å². The van der Waals surface area contributed by atoms with Crippen molar-refractivity contribution in [2.75, 3.05) is 17.7 Å². The Kier molecular flexibility index (Phi) is 6.01. The number of halogens is 2. The molecule has 2 heterocycles. The third-order valence-corrected chi connectivity index (χ3v) is 6.17. The van der Waals surface area contributed by atoms with Crippen molar-refractivity contribution in [3.8, 4) is 5.75 Å². The predicted molar refractivity (Wildman–Crippen MR) is 136 cm³/mol. The number of allylic oxidation sites excluding steroid dienone is 1. The van der Waals surface area contributed by atoms with E-state index in [0.29, 0.717) is 39.1 Å². The minimum atomic E-state index is -0.567. The van der Waals surface area contributed by atoms with E-state index in [4.69, 9.17) is 16.3 Å². The number of nitrogens with zero attached hydrogens (tertiary/aromatic N) is 2. The van der Waals surface area contributed by atoms with E-state index in [0.717, 1.165) is 11.1 Å². The molecule has 0 radical (unpaired) electrons. The molecule has 1 aliphatic rings. The van der Waals surface area contributed by atoms with Gasteiger partial charge < -0.3 is 15.4 Å². The zero-order chi connectivity index (χ0) is 24.5. The molecule has 0 saturated heterocycles. The first kappa shape index (κ1) is 22.7. The number of benzene rings is 3. The summed E-state index contributed by atoms with van der Waals surface area (Å²) in [4.78, 5) is 13.3. The normalized spacial score (nSPS) is 14.5. The van der Waals surface area contributed by atoms with Crippen LogP contribution in [0.4, 0.5) is 15.9 Å². The number of rotatable bonds is 5. The van der Waals surface area contributed by atoms with Crippen LogP contribution in [0.2, 0.25) is 5.02 Å². The molecule has 0 unspecified atom stereocenters. The molecule has 5 rings (SSSR count). The summed E-state index contributed by atoms with van der Waals surface area (Å²) in [6.07, 6.45) is 3.36. The van der Waals surface area contributed by atoms with E-state index in [1.165, 1.54) is 12.3 Å². The summed E-state index contributed by atoms with van der Waals surface area (Å²) >= 11 is 6.12. The molecule has 6 nitrogen and oxygen atoms in total. The van der Waals surface area contributed by atoms with Crippen molar-refractivity contribution < 1.29 is 13.9 Å². The summed E-state index contributed by atoms with van der Waals surface area (Å²) in [5, 5.41) is 11.2. The maximum atomic E-state index is 14.8. The minimum absolute atomic E-state index is 0.319. The molecule has 0 fully saturated rings. The van der Waals surface area contributed by atoms with Crippen molar-refractivity contribution in [3.63, 3.8) is 0 Å². The first-order valence-corrected chi connectivity index (χ1v) is 11.3. The Hall–Kier alpha value is -4.10. The summed E-state index contributed by atoms with van der Waals surface area (Å²) in [6.45, 7) is 1.88. The Morgan fingerprint density at radius 1 is 1.14 bits per heavy atom. The van der Waals surface area contributed by atoms with Crippen molar-refractivity contribution in [2.45, 2.75) is 13.0 Å². The molecule has 1 aromatic heterocycles. The molecule has 3 aromatic carbocycles. The fourth-order valence-electron chi connectivity index (χ4n) is 4.08. The zero-order valence-electron chi connectivity index (χ0n) is 19.0. The number of hydrogen-bond acceptors (Lipinski definition) is 4. The highest BCUT2D eigenvalue weighted by Gasteiger charge is 2.29. The van der Waals surface area contributed by atoms with E-state index in [2.05, 4.69) is 15.7 Å². The van der Waals surface area contributed by atoms with Gasteiger partial charge in [-0.1, -0.05) is 48.0 Å². The molecule has 0 spiro atoms. The lowest BCUT2D eigenvalue weighted by atomic mass is 10.0. The maximum absolute atomic E-state index is 14.8. The number of carbonyl (C=O) groups is 1. The number of fused-ring (bicyclic) bond motifs is 1. The van der Waals surface area contributed by atoms with Crippen LogP contribution in [0.25, 0.3) is 5.70 Å². The van der Waals surface area contributed by atoms with E-state index in [1.54, 1.807) is 42.1 Å². The van der Waals surface area contributed by atoms with Crippen molar-refractivity contribution >= 4 is 34.7 Å². The number of amides is 1. The molecule has 4 aromatic rings. The summed E-state index contributed by atoms with van der Waals surface area (Å²) in [6, 6.07) is 18.8. The second-order valence-corrected chi connectivity index (χ2v) is 8.60. The van der Waals surface area contributed by atoms with Gasteiger partial charge in [0.1, 0.15) is 29.0 Å². The lowest BCUT2D eigenvalue weighted by Crippen LogP contribution is -2.23. The number of ether oxygens (including phenoxy) is 1. The van der Waals surface area contributed by atoms with Gasteiger partial charge >= 0.3 is 0 Å². The highest BCUT2D eigenvalue weighted by molar-refractivity contribution is 6.31. The SMILES string of the molecule is COc1cccc(C2=C[C@H](c3ccccc3F)n3ncc(C(=O)Nc4cc(Cl)ccc4C)c3N2)c1. The quantitative estimate of drug-likeness (QED) is 0.346. The fourth-order valence-corrected chi connectivity index (χ4v) is 4.25. The third kappa shape index (κ3) is 4.38. The summed E-state index contributed by atoms with van der Waals surface area (Å²) in [5.41, 5.74) is 3.77. The second kappa shape index (κ2) is 9.27. The number of carbonyl (C=O) groups excluding carboxylic acids is 1. The highest BCUT2D eigenvalue weighted by atomic mass is 35.5. The van der Waals surface area contributed by atoms with E-state index in [1.807, 2.05) is 43.3 Å². The van der Waals surface area contributed by atoms with E-state index in [-0.39, 0.29) is 11.7 Å². The van der Waals surface area contributed by atoms with Gasteiger partial charge in [0.15, 0.2) is 0 Å². The molecular formula is C27H22ClFN4O2. The molecule has 35 heavy (non-hydrogen) atoms. The van der Waals surface area contributed by atoms with Crippen LogP contribution in [0.1, 0.15) is 33.1 Å². The van der Waals surface area contributed by atoms with Crippen LogP contribution in [-0.2, 0) is 0 Å². The summed E-state index contributed by atoms with van der Waals surface area (Å²) < 4.78 is 21.8. The molecule has 1 amide bonds. The van der Waals surface area contributed by atoms with E-state index < -0.39 is 6.04 Å². The predicted octanol–water partition coefficient (Wildman–Crippen LogP) is 6.30. The number of anilines is 2. The number of nitrogens with one attached hydrogen (secondary N) is 2. The van der Waals surface area contributed by atoms with Crippen LogP contribution < -0.4 is 15.4 Å². The Morgan fingerprint density at radius 2 is 1.97 bits per heavy atom. The second-order valence-electron chi connectivity index (χ2n) is 8.17. The standard InChI is InChI=1S/C27H22ClFN4O2/c1-16-10-11-18(28)13-23(16)32-27(34)21-15-30-33-25(20-8-3-4-9-22(20)29)14-24(31-26(21)33)17-6-5-7-19(12-17)35-2/h3-15,25,31H,1-2H3,(H,32,34)/t25-/m1/s1. The van der Waals surface area contributed by atoms with Gasteiger partial charge in [0.2, 0.25) is 0 Å². The molecule has 176 valence electrons. The molecular weight excluding hydrogens is 467 g/mol. The fraction of sp³-hybridized carbons (Fsp3) is 0.111. The van der Waals surface area contributed by atoms with Crippen molar-refractivity contribution in [1.82, 2.24) is 9.78 Å². The largest absolute Gasteiger partial charge is 0.497 e. The number of aromatic nitrogens is 2. The van der Waals surface area contributed by atoms with Gasteiger partial charge in [-0.05, 0) is 48.9 Å². The van der Waals surface area contributed by atoms with Gasteiger partial charge in [-0.15, -0.1) is 0 Å². The molecule has 0 bridgehead atoms. The third-order valence-electron chi connectivity index (χ3n) is 5.93. The topological polar surface area (TPSA) is 68.2 Å². The van der Waals surface area contributed by atoms with E-state index in [9.17, 15) is 9.18 Å². The van der Waals surface area contributed by atoms with Crippen LogP contribution in [0, 0.1) is 12.7 Å². The molecule has 0 aliphatic carbocycles. The first-order valence-electron chi connectivity index (χ1n) is 11.0. The monoisotopic (exact) mass is 488 g/mol. The highest BCUT2D eigenvalue weighted by Crippen LogP contribution is 2.37. The van der Waals surface area contributed by atoms with E-state index >= 15 is 0 Å². The van der Waals surface area contributed by atoms with Gasteiger partial charge in [0, 0.05) is 27.5 Å². The van der Waals surface area contributed by atoms with Crippen molar-refractivity contribution in [2.24, 2.45) is 0 Å². The lowest BCUT2D eigenvalue weighted by Gasteiger charge is -2.26. The molecule has 8 heteroatoms. The molecule has 1 aliphatic heterocycles. The maximum Gasteiger partial charge on any atom is 0.261 e. The number of aryl methyl sites for hydroxylation is 1. The van der Waals surface area contributed by atoms with Gasteiger partial charge in [-0.3, -0.25) is 4.79 Å². The Bertz CT molecular complexity index is 1460. The molecule has 2 N–H and O–H groups in total. The van der Waals surface area contributed by atoms with Crippen LogP contribution in [0.5, 0.6) is 5.75 Å². The smallest absolute Gasteiger partial charge is 0.261 e. The van der Waals surface area contributed by atoms with Gasteiger partial charge in [-0.2, -0.15) is 5.10 Å². The minimum Gasteiger partial charge on any atom is -0.497 e. The molecule has 0 saturated carbocycles. The number of hydrogen-bond donors (Lipinski definition) is 2. The van der Waals surface area contributed by atoms with Crippen molar-refractivity contribution in [1.29, 1.82) is 0 Å². The van der Waals surface area contributed by atoms with Gasteiger partial charge in [-0.25, -0.2) is 9.07 Å². The Morgan fingerprint density at radius 3 is 2.77 bits per heavy atom. The Labute approximate surface area is 207 Å². The molecule has 1 atom stereocenters.